The zero-order chi connectivity index (χ0) is 24.9. The number of nitrogens with zero attached hydrogens (tertiary/aromatic N) is 2. The van der Waals surface area contributed by atoms with Crippen molar-refractivity contribution in [3.63, 3.8) is 0 Å². The Bertz CT molecular complexity index is 1240. The lowest BCUT2D eigenvalue weighted by Gasteiger charge is -2.47. The van der Waals surface area contributed by atoms with Crippen molar-refractivity contribution in [1.29, 1.82) is 0 Å². The lowest BCUT2D eigenvalue weighted by Crippen LogP contribution is -2.54. The summed E-state index contributed by atoms with van der Waals surface area (Å²) in [6, 6.07) is 10.1. The van der Waals surface area contributed by atoms with Crippen LogP contribution in [0.5, 0.6) is 0 Å². The number of nitrogens with one attached hydrogen (secondary N) is 1. The molecule has 34 heavy (non-hydrogen) atoms. The monoisotopic (exact) mass is 475 g/mol. The molecule has 2 amide bonds. The van der Waals surface area contributed by atoms with E-state index in [2.05, 4.69) is 50.0 Å². The SMILES string of the molecule is CCN1c2cc(C)c(/C=C3\C(=O)NC(=S)N(c4ccc(C)c(C)c4)C3=O)cc2C(C)CC1(C)C. The van der Waals surface area contributed by atoms with Gasteiger partial charge in [0, 0.05) is 17.8 Å². The van der Waals surface area contributed by atoms with Crippen molar-refractivity contribution < 1.29 is 9.59 Å². The standard InChI is InChI=1S/C28H33N3O2S/c1-8-30-24-12-18(4)20(13-22(24)19(5)15-28(30,6)7)14-23-25(32)29-27(34)31(26(23)33)21-10-9-16(2)17(3)11-21/h9-14,19H,8,15H2,1-7H3,(H,29,32,34)/b23-14+. The summed E-state index contributed by atoms with van der Waals surface area (Å²) in [6.07, 6.45) is 2.76. The molecule has 2 aromatic rings. The molecule has 1 N–H and O–H groups in total. The van der Waals surface area contributed by atoms with Crippen LogP contribution in [0.1, 0.15) is 67.9 Å². The van der Waals surface area contributed by atoms with Crippen molar-refractivity contribution in [1.82, 2.24) is 5.32 Å². The van der Waals surface area contributed by atoms with E-state index in [1.807, 2.05) is 39.0 Å². The van der Waals surface area contributed by atoms with Crippen LogP contribution in [-0.4, -0.2) is 29.0 Å². The van der Waals surface area contributed by atoms with E-state index < -0.39 is 11.8 Å². The lowest BCUT2D eigenvalue weighted by atomic mass is 9.79. The Kier molecular flexibility index (Phi) is 6.15. The lowest BCUT2D eigenvalue weighted by molar-refractivity contribution is -0.122. The highest BCUT2D eigenvalue weighted by Gasteiger charge is 2.37. The van der Waals surface area contributed by atoms with E-state index in [9.17, 15) is 9.59 Å². The quantitative estimate of drug-likeness (QED) is 0.359. The number of rotatable bonds is 3. The average molecular weight is 476 g/mol. The highest BCUT2D eigenvalue weighted by molar-refractivity contribution is 7.80. The summed E-state index contributed by atoms with van der Waals surface area (Å²) in [4.78, 5) is 30.2. The Balaban J connectivity index is 1.78. The van der Waals surface area contributed by atoms with Crippen molar-refractivity contribution in [3.05, 3.63) is 63.7 Å². The van der Waals surface area contributed by atoms with Crippen molar-refractivity contribution in [2.75, 3.05) is 16.3 Å². The van der Waals surface area contributed by atoms with Gasteiger partial charge in [-0.2, -0.15) is 0 Å². The van der Waals surface area contributed by atoms with Gasteiger partial charge in [0.2, 0.25) is 0 Å². The van der Waals surface area contributed by atoms with Crippen LogP contribution in [0, 0.1) is 20.8 Å². The molecule has 0 aromatic heterocycles. The van der Waals surface area contributed by atoms with Gasteiger partial charge in [-0.1, -0.05) is 13.0 Å². The van der Waals surface area contributed by atoms with Gasteiger partial charge in [-0.25, -0.2) is 0 Å². The Morgan fingerprint density at radius 1 is 1.09 bits per heavy atom. The molecule has 0 bridgehead atoms. The van der Waals surface area contributed by atoms with Gasteiger partial charge < -0.3 is 4.90 Å². The van der Waals surface area contributed by atoms with Gasteiger partial charge in [0.25, 0.3) is 11.8 Å². The van der Waals surface area contributed by atoms with Crippen LogP contribution in [0.2, 0.25) is 0 Å². The molecule has 6 heteroatoms. The van der Waals surface area contributed by atoms with Crippen molar-refractivity contribution in [2.24, 2.45) is 0 Å². The van der Waals surface area contributed by atoms with E-state index in [1.165, 1.54) is 16.2 Å². The fourth-order valence-electron chi connectivity index (χ4n) is 5.32. The van der Waals surface area contributed by atoms with Gasteiger partial charge in [0.1, 0.15) is 5.57 Å². The fourth-order valence-corrected chi connectivity index (χ4v) is 5.60. The number of carbonyl (C=O) groups is 2. The van der Waals surface area contributed by atoms with Gasteiger partial charge >= 0.3 is 0 Å². The minimum Gasteiger partial charge on any atom is -0.366 e. The van der Waals surface area contributed by atoms with E-state index in [-0.39, 0.29) is 16.2 Å². The molecule has 1 saturated heterocycles. The first-order chi connectivity index (χ1) is 15.9. The largest absolute Gasteiger partial charge is 0.366 e. The third-order valence-electron chi connectivity index (χ3n) is 7.24. The molecule has 0 aliphatic carbocycles. The van der Waals surface area contributed by atoms with E-state index >= 15 is 0 Å². The minimum atomic E-state index is -0.462. The minimum absolute atomic E-state index is 0.0785. The Labute approximate surface area is 207 Å². The van der Waals surface area contributed by atoms with Crippen LogP contribution < -0.4 is 15.1 Å². The van der Waals surface area contributed by atoms with Gasteiger partial charge in [-0.3, -0.25) is 19.8 Å². The van der Waals surface area contributed by atoms with Gasteiger partial charge in [-0.15, -0.1) is 0 Å². The summed E-state index contributed by atoms with van der Waals surface area (Å²) in [5.74, 6) is -0.490. The summed E-state index contributed by atoms with van der Waals surface area (Å²) >= 11 is 5.37. The molecule has 178 valence electrons. The van der Waals surface area contributed by atoms with Crippen molar-refractivity contribution in [3.8, 4) is 0 Å². The second-order valence-corrected chi connectivity index (χ2v) is 10.5. The first-order valence-corrected chi connectivity index (χ1v) is 12.3. The second kappa shape index (κ2) is 8.66. The number of amides is 2. The van der Waals surface area contributed by atoms with E-state index in [0.717, 1.165) is 35.2 Å². The van der Waals surface area contributed by atoms with E-state index in [1.54, 1.807) is 6.08 Å². The number of benzene rings is 2. The number of anilines is 2. The number of aryl methyl sites for hydroxylation is 3. The van der Waals surface area contributed by atoms with Crippen LogP contribution in [0.15, 0.2) is 35.9 Å². The van der Waals surface area contributed by atoms with Gasteiger partial charge in [0.15, 0.2) is 5.11 Å². The molecule has 2 heterocycles. The molecule has 0 saturated carbocycles. The molecule has 1 fully saturated rings. The molecule has 5 nitrogen and oxygen atoms in total. The van der Waals surface area contributed by atoms with Crippen LogP contribution in [-0.2, 0) is 9.59 Å². The van der Waals surface area contributed by atoms with E-state index in [0.29, 0.717) is 11.6 Å². The Morgan fingerprint density at radius 2 is 1.79 bits per heavy atom. The highest BCUT2D eigenvalue weighted by Crippen LogP contribution is 2.44. The summed E-state index contributed by atoms with van der Waals surface area (Å²) in [5, 5.41) is 2.80. The smallest absolute Gasteiger partial charge is 0.270 e. The third kappa shape index (κ3) is 4.05. The highest BCUT2D eigenvalue weighted by atomic mass is 32.1. The Hall–Kier alpha value is -2.99. The molecule has 1 atom stereocenters. The fraction of sp³-hybridized carbons (Fsp3) is 0.393. The molecule has 2 aromatic carbocycles. The molecule has 4 rings (SSSR count). The number of thiocarbonyl (C=S) groups is 1. The maximum Gasteiger partial charge on any atom is 0.270 e. The topological polar surface area (TPSA) is 52.7 Å². The predicted molar refractivity (Wildman–Crippen MR) is 143 cm³/mol. The number of hydrogen-bond acceptors (Lipinski definition) is 4. The normalized spacial score (nSPS) is 21.1. The zero-order valence-corrected chi connectivity index (χ0v) is 21.9. The maximum absolute atomic E-state index is 13.5. The Morgan fingerprint density at radius 3 is 2.44 bits per heavy atom. The molecule has 1 unspecified atom stereocenters. The van der Waals surface area contributed by atoms with Crippen LogP contribution in [0.25, 0.3) is 6.08 Å². The van der Waals surface area contributed by atoms with Gasteiger partial charge in [0.05, 0.1) is 5.69 Å². The molecule has 0 spiro atoms. The van der Waals surface area contributed by atoms with Crippen molar-refractivity contribution >= 4 is 46.6 Å². The predicted octanol–water partition coefficient (Wildman–Crippen LogP) is 5.56. The molecular formula is C28H33N3O2S. The molecule has 0 radical (unpaired) electrons. The first kappa shape index (κ1) is 24.1. The summed E-state index contributed by atoms with van der Waals surface area (Å²) < 4.78 is 0. The summed E-state index contributed by atoms with van der Waals surface area (Å²) in [7, 11) is 0. The molecule has 2 aliphatic rings. The average Bonchev–Trinajstić information content (AvgIpc) is 2.73. The van der Waals surface area contributed by atoms with Crippen LogP contribution in [0.4, 0.5) is 11.4 Å². The molecular weight excluding hydrogens is 442 g/mol. The summed E-state index contributed by atoms with van der Waals surface area (Å²) in [5.41, 5.74) is 7.41. The van der Waals surface area contributed by atoms with Gasteiger partial charge in [-0.05, 0) is 124 Å². The number of carbonyl (C=O) groups excluding carboxylic acids is 2. The molecule has 2 aliphatic heterocycles. The second-order valence-electron chi connectivity index (χ2n) is 10.2. The third-order valence-corrected chi connectivity index (χ3v) is 7.52. The van der Waals surface area contributed by atoms with Crippen LogP contribution >= 0.6 is 12.2 Å². The first-order valence-electron chi connectivity index (χ1n) is 11.9. The van der Waals surface area contributed by atoms with E-state index in [4.69, 9.17) is 12.2 Å². The summed E-state index contributed by atoms with van der Waals surface area (Å²) in [6.45, 7) is 16.0. The van der Waals surface area contributed by atoms with Crippen molar-refractivity contribution in [2.45, 2.75) is 66.3 Å². The maximum atomic E-state index is 13.5. The van der Waals surface area contributed by atoms with Crippen LogP contribution in [0.3, 0.4) is 0 Å². The zero-order valence-electron chi connectivity index (χ0n) is 21.1. The number of fused-ring (bicyclic) bond motifs is 1. The number of hydrogen-bond donors (Lipinski definition) is 1.